The van der Waals surface area contributed by atoms with Crippen LogP contribution in [0.2, 0.25) is 0 Å². The molecule has 1 aromatic rings. The third-order valence-electron chi connectivity index (χ3n) is 3.04. The molecule has 1 saturated heterocycles. The molecule has 6 nitrogen and oxygen atoms in total. The molecule has 108 valence electrons. The molecular weight excluding hydrogens is 269 g/mol. The lowest BCUT2D eigenvalue weighted by Crippen LogP contribution is -2.48. The Kier molecular flexibility index (Phi) is 4.19. The first-order valence-electron chi connectivity index (χ1n) is 6.00. The monoisotopic (exact) mass is 283 g/mol. The molecule has 0 bridgehead atoms. The van der Waals surface area contributed by atoms with E-state index in [1.165, 1.54) is 24.1 Å². The predicted molar refractivity (Wildman–Crippen MR) is 66.2 cm³/mol. The van der Waals surface area contributed by atoms with Crippen molar-refractivity contribution in [3.63, 3.8) is 0 Å². The van der Waals surface area contributed by atoms with Crippen LogP contribution in [0, 0.1) is 5.82 Å². The van der Waals surface area contributed by atoms with Gasteiger partial charge in [-0.2, -0.15) is 0 Å². The summed E-state index contributed by atoms with van der Waals surface area (Å²) in [6.07, 6.45) is -1.07. The molecule has 0 radical (unpaired) electrons. The van der Waals surface area contributed by atoms with Crippen LogP contribution in [-0.4, -0.2) is 54.8 Å². The number of carboxylic acids is 1. The van der Waals surface area contributed by atoms with Gasteiger partial charge in [-0.3, -0.25) is 4.79 Å². The average Bonchev–Trinajstić information content (AvgIpc) is 2.46. The standard InChI is InChI=1S/C13H14FNO5/c1-19-8-2-3-9(10(14)6-8)12(16)15-4-5-20-11(7-15)13(17)18/h2-3,6,11H,4-5,7H2,1H3,(H,17,18). The highest BCUT2D eigenvalue weighted by molar-refractivity contribution is 5.95. The maximum Gasteiger partial charge on any atom is 0.334 e. The van der Waals surface area contributed by atoms with Crippen molar-refractivity contribution in [3.05, 3.63) is 29.6 Å². The molecule has 7 heteroatoms. The van der Waals surface area contributed by atoms with Gasteiger partial charge in [0, 0.05) is 12.6 Å². The Balaban J connectivity index is 2.16. The highest BCUT2D eigenvalue weighted by atomic mass is 19.1. The molecule has 0 aliphatic carbocycles. The number of hydrogen-bond donors (Lipinski definition) is 1. The molecule has 0 aromatic heterocycles. The Hall–Kier alpha value is -2.15. The van der Waals surface area contributed by atoms with E-state index >= 15 is 0 Å². The number of aliphatic carboxylic acids is 1. The van der Waals surface area contributed by atoms with Crippen LogP contribution in [0.5, 0.6) is 5.75 Å². The number of amides is 1. The van der Waals surface area contributed by atoms with E-state index in [-0.39, 0.29) is 25.3 Å². The molecule has 1 fully saturated rings. The largest absolute Gasteiger partial charge is 0.497 e. The Morgan fingerprint density at radius 2 is 2.25 bits per heavy atom. The molecule has 20 heavy (non-hydrogen) atoms. The second kappa shape index (κ2) is 5.87. The minimum absolute atomic E-state index is 0.0976. The third-order valence-corrected chi connectivity index (χ3v) is 3.04. The van der Waals surface area contributed by atoms with Gasteiger partial charge in [0.2, 0.25) is 0 Å². The highest BCUT2D eigenvalue weighted by Gasteiger charge is 2.30. The number of carbonyl (C=O) groups is 2. The molecule has 0 spiro atoms. The first-order chi connectivity index (χ1) is 9.52. The zero-order valence-corrected chi connectivity index (χ0v) is 10.8. The van der Waals surface area contributed by atoms with Crippen LogP contribution in [0.1, 0.15) is 10.4 Å². The smallest absolute Gasteiger partial charge is 0.334 e. The molecule has 1 unspecified atom stereocenters. The third kappa shape index (κ3) is 2.88. The zero-order chi connectivity index (χ0) is 14.7. The minimum Gasteiger partial charge on any atom is -0.497 e. The quantitative estimate of drug-likeness (QED) is 0.886. The van der Waals surface area contributed by atoms with Gasteiger partial charge in [-0.1, -0.05) is 0 Å². The van der Waals surface area contributed by atoms with Crippen LogP contribution in [0.4, 0.5) is 4.39 Å². The van der Waals surface area contributed by atoms with E-state index in [0.717, 1.165) is 6.07 Å². The summed E-state index contributed by atoms with van der Waals surface area (Å²) in [6, 6.07) is 3.91. The number of methoxy groups -OCH3 is 1. The first-order valence-corrected chi connectivity index (χ1v) is 6.00. The van der Waals surface area contributed by atoms with E-state index in [1.54, 1.807) is 0 Å². The number of ether oxygens (including phenoxy) is 2. The van der Waals surface area contributed by atoms with Gasteiger partial charge in [-0.25, -0.2) is 9.18 Å². The summed E-state index contributed by atoms with van der Waals surface area (Å²) in [5, 5.41) is 8.88. The number of rotatable bonds is 3. The van der Waals surface area contributed by atoms with Crippen LogP contribution in [0.3, 0.4) is 0 Å². The van der Waals surface area contributed by atoms with E-state index in [2.05, 4.69) is 0 Å². The Bertz CT molecular complexity index is 533. The van der Waals surface area contributed by atoms with E-state index in [9.17, 15) is 14.0 Å². The first kappa shape index (κ1) is 14.3. The summed E-state index contributed by atoms with van der Waals surface area (Å²) in [7, 11) is 1.40. The van der Waals surface area contributed by atoms with E-state index in [1.807, 2.05) is 0 Å². The molecule has 1 aliphatic rings. The Labute approximate surface area is 114 Å². The molecule has 1 aliphatic heterocycles. The fraction of sp³-hybridized carbons (Fsp3) is 0.385. The van der Waals surface area contributed by atoms with Gasteiger partial charge in [0.15, 0.2) is 6.10 Å². The van der Waals surface area contributed by atoms with Crippen molar-refractivity contribution in [2.75, 3.05) is 26.8 Å². The number of morpholine rings is 1. The van der Waals surface area contributed by atoms with Crippen LogP contribution < -0.4 is 4.74 Å². The Morgan fingerprint density at radius 1 is 1.50 bits per heavy atom. The van der Waals surface area contributed by atoms with Gasteiger partial charge < -0.3 is 19.5 Å². The van der Waals surface area contributed by atoms with Gasteiger partial charge >= 0.3 is 5.97 Å². The molecule has 1 N–H and O–H groups in total. The average molecular weight is 283 g/mol. The lowest BCUT2D eigenvalue weighted by molar-refractivity contribution is -0.154. The van der Waals surface area contributed by atoms with Gasteiger partial charge in [-0.05, 0) is 12.1 Å². The van der Waals surface area contributed by atoms with Gasteiger partial charge in [0.1, 0.15) is 11.6 Å². The fourth-order valence-corrected chi connectivity index (χ4v) is 1.95. The lowest BCUT2D eigenvalue weighted by Gasteiger charge is -2.31. The zero-order valence-electron chi connectivity index (χ0n) is 10.8. The molecule has 1 amide bonds. The number of carboxylic acid groups (broad SMARTS) is 1. The number of nitrogens with zero attached hydrogens (tertiary/aromatic N) is 1. The van der Waals surface area contributed by atoms with E-state index in [4.69, 9.17) is 14.6 Å². The molecule has 1 heterocycles. The van der Waals surface area contributed by atoms with Gasteiger partial charge in [-0.15, -0.1) is 0 Å². The molecule has 2 rings (SSSR count). The number of carbonyl (C=O) groups excluding carboxylic acids is 1. The Morgan fingerprint density at radius 3 is 2.85 bits per heavy atom. The van der Waals surface area contributed by atoms with Crippen LogP contribution in [0.15, 0.2) is 18.2 Å². The second-order valence-corrected chi connectivity index (χ2v) is 4.29. The fourth-order valence-electron chi connectivity index (χ4n) is 1.95. The van der Waals surface area contributed by atoms with Crippen LogP contribution in [-0.2, 0) is 9.53 Å². The topological polar surface area (TPSA) is 76.1 Å². The molecule has 1 atom stereocenters. The maximum absolute atomic E-state index is 13.8. The maximum atomic E-state index is 13.8. The summed E-state index contributed by atoms with van der Waals surface area (Å²) >= 11 is 0. The van der Waals surface area contributed by atoms with Gasteiger partial charge in [0.05, 0.1) is 25.8 Å². The number of halogens is 1. The predicted octanol–water partition coefficient (Wildman–Crippen LogP) is 0.760. The molecule has 0 saturated carbocycles. The van der Waals surface area contributed by atoms with Crippen LogP contribution >= 0.6 is 0 Å². The lowest BCUT2D eigenvalue weighted by atomic mass is 10.1. The molecule has 1 aromatic carbocycles. The van der Waals surface area contributed by atoms with Crippen molar-refractivity contribution in [1.29, 1.82) is 0 Å². The summed E-state index contributed by atoms with van der Waals surface area (Å²) in [5.74, 6) is -2.09. The van der Waals surface area contributed by atoms with Crippen molar-refractivity contribution in [2.45, 2.75) is 6.10 Å². The van der Waals surface area contributed by atoms with Gasteiger partial charge in [0.25, 0.3) is 5.91 Å². The van der Waals surface area contributed by atoms with E-state index in [0.29, 0.717) is 5.75 Å². The summed E-state index contributed by atoms with van der Waals surface area (Å²) < 4.78 is 23.7. The SMILES string of the molecule is COc1ccc(C(=O)N2CCOC(C(=O)O)C2)c(F)c1. The number of hydrogen-bond acceptors (Lipinski definition) is 4. The van der Waals surface area contributed by atoms with Crippen LogP contribution in [0.25, 0.3) is 0 Å². The van der Waals surface area contributed by atoms with Crippen molar-refractivity contribution in [3.8, 4) is 5.75 Å². The minimum atomic E-state index is -1.14. The summed E-state index contributed by atoms with van der Waals surface area (Å²) in [6.45, 7) is 0.244. The normalized spacial score (nSPS) is 18.7. The summed E-state index contributed by atoms with van der Waals surface area (Å²) in [5.41, 5.74) is -0.114. The van der Waals surface area contributed by atoms with E-state index < -0.39 is 23.8 Å². The highest BCUT2D eigenvalue weighted by Crippen LogP contribution is 2.19. The second-order valence-electron chi connectivity index (χ2n) is 4.29. The van der Waals surface area contributed by atoms with Crippen molar-refractivity contribution in [1.82, 2.24) is 4.90 Å². The number of benzene rings is 1. The van der Waals surface area contributed by atoms with Crippen molar-refractivity contribution in [2.24, 2.45) is 0 Å². The molecular formula is C13H14FNO5. The summed E-state index contributed by atoms with van der Waals surface area (Å²) in [4.78, 5) is 24.3. The van der Waals surface area contributed by atoms with Crippen molar-refractivity contribution < 1.29 is 28.6 Å². The van der Waals surface area contributed by atoms with Crippen molar-refractivity contribution >= 4 is 11.9 Å².